The minimum atomic E-state index is -0.177. The maximum atomic E-state index is 12.2. The van der Waals surface area contributed by atoms with Gasteiger partial charge in [0, 0.05) is 0 Å². The Bertz CT molecular complexity index is 906. The van der Waals surface area contributed by atoms with E-state index in [4.69, 9.17) is 9.47 Å². The molecule has 0 saturated heterocycles. The van der Waals surface area contributed by atoms with Crippen LogP contribution in [0.1, 0.15) is 5.56 Å². The highest BCUT2D eigenvalue weighted by molar-refractivity contribution is 5.79. The predicted molar refractivity (Wildman–Crippen MR) is 105 cm³/mol. The van der Waals surface area contributed by atoms with Gasteiger partial charge in [-0.15, -0.1) is 0 Å². The fourth-order valence-corrected chi connectivity index (χ4v) is 3.08. The molecule has 27 heavy (non-hydrogen) atoms. The van der Waals surface area contributed by atoms with Gasteiger partial charge < -0.3 is 14.8 Å². The summed E-state index contributed by atoms with van der Waals surface area (Å²) in [6.45, 7) is 0.859. The zero-order valence-corrected chi connectivity index (χ0v) is 14.9. The van der Waals surface area contributed by atoms with Gasteiger partial charge in [0.2, 0.25) is 5.91 Å². The van der Waals surface area contributed by atoms with Crippen molar-refractivity contribution in [3.63, 3.8) is 0 Å². The molecule has 3 aromatic rings. The van der Waals surface area contributed by atoms with Crippen molar-refractivity contribution in [3.05, 3.63) is 84.4 Å². The lowest BCUT2D eigenvalue weighted by Crippen LogP contribution is -2.41. The molecule has 0 unspecified atom stereocenters. The summed E-state index contributed by atoms with van der Waals surface area (Å²) in [5, 5.41) is 2.93. The number of benzene rings is 3. The summed E-state index contributed by atoms with van der Waals surface area (Å²) in [5.41, 5.74) is 3.30. The van der Waals surface area contributed by atoms with E-state index in [1.807, 2.05) is 66.7 Å². The van der Waals surface area contributed by atoms with Crippen LogP contribution in [0.2, 0.25) is 0 Å². The average molecular weight is 359 g/mol. The number of carbonyl (C=O) groups is 1. The monoisotopic (exact) mass is 359 g/mol. The molecule has 1 heterocycles. The van der Waals surface area contributed by atoms with Crippen LogP contribution in [0, 0.1) is 0 Å². The Balaban J connectivity index is 1.29. The summed E-state index contributed by atoms with van der Waals surface area (Å²) in [4.78, 5) is 12.2. The molecular formula is C23H21NO3. The van der Waals surface area contributed by atoms with Crippen molar-refractivity contribution >= 4 is 5.91 Å². The summed E-state index contributed by atoms with van der Waals surface area (Å²) < 4.78 is 11.5. The first-order valence-corrected chi connectivity index (χ1v) is 9.07. The molecule has 1 aliphatic heterocycles. The van der Waals surface area contributed by atoms with E-state index < -0.39 is 0 Å². The maximum Gasteiger partial charge on any atom is 0.224 e. The summed E-state index contributed by atoms with van der Waals surface area (Å²) >= 11 is 0. The lowest BCUT2D eigenvalue weighted by molar-refractivity contribution is -0.120. The number of carbonyl (C=O) groups excluding carboxylic acids is 1. The molecule has 3 aromatic carbocycles. The molecular weight excluding hydrogens is 338 g/mol. The van der Waals surface area contributed by atoms with E-state index in [1.54, 1.807) is 0 Å². The standard InChI is InChI=1S/C23H21NO3/c25-23(24-15-20-16-26-21-8-4-5-9-22(21)27-20)14-17-10-12-19(13-11-17)18-6-2-1-3-7-18/h1-13,20H,14-16H2,(H,24,25)/t20-/m0/s1. The van der Waals surface area contributed by atoms with Crippen molar-refractivity contribution in [1.29, 1.82) is 0 Å². The van der Waals surface area contributed by atoms with E-state index in [2.05, 4.69) is 17.4 Å². The van der Waals surface area contributed by atoms with Gasteiger partial charge in [-0.1, -0.05) is 66.7 Å². The zero-order valence-electron chi connectivity index (χ0n) is 14.9. The molecule has 1 amide bonds. The highest BCUT2D eigenvalue weighted by Crippen LogP contribution is 2.30. The van der Waals surface area contributed by atoms with Crippen LogP contribution in [0.15, 0.2) is 78.9 Å². The fourth-order valence-electron chi connectivity index (χ4n) is 3.08. The average Bonchev–Trinajstić information content (AvgIpc) is 2.73. The van der Waals surface area contributed by atoms with Gasteiger partial charge in [0.15, 0.2) is 11.5 Å². The first-order chi connectivity index (χ1) is 13.3. The van der Waals surface area contributed by atoms with E-state index in [1.165, 1.54) is 5.56 Å². The summed E-state index contributed by atoms with van der Waals surface area (Å²) in [6.07, 6.45) is 0.170. The molecule has 0 fully saturated rings. The van der Waals surface area contributed by atoms with Gasteiger partial charge in [0.05, 0.1) is 13.0 Å². The second-order valence-electron chi connectivity index (χ2n) is 6.54. The van der Waals surface area contributed by atoms with E-state index >= 15 is 0 Å². The number of amides is 1. The van der Waals surface area contributed by atoms with Crippen LogP contribution in [0.3, 0.4) is 0 Å². The van der Waals surface area contributed by atoms with Gasteiger partial charge >= 0.3 is 0 Å². The molecule has 1 atom stereocenters. The minimum Gasteiger partial charge on any atom is -0.486 e. The molecule has 4 rings (SSSR count). The molecule has 0 radical (unpaired) electrons. The smallest absolute Gasteiger partial charge is 0.224 e. The van der Waals surface area contributed by atoms with E-state index in [9.17, 15) is 4.79 Å². The topological polar surface area (TPSA) is 47.6 Å². The van der Waals surface area contributed by atoms with Crippen molar-refractivity contribution in [2.45, 2.75) is 12.5 Å². The van der Waals surface area contributed by atoms with Crippen LogP contribution in [-0.2, 0) is 11.2 Å². The van der Waals surface area contributed by atoms with Crippen molar-refractivity contribution < 1.29 is 14.3 Å². The fraction of sp³-hybridized carbons (Fsp3) is 0.174. The first-order valence-electron chi connectivity index (χ1n) is 9.07. The third-order valence-electron chi connectivity index (χ3n) is 4.52. The number of fused-ring (bicyclic) bond motifs is 1. The molecule has 1 aliphatic rings. The minimum absolute atomic E-state index is 0.0232. The zero-order chi connectivity index (χ0) is 18.5. The third kappa shape index (κ3) is 4.29. The van der Waals surface area contributed by atoms with Gasteiger partial charge in [-0.3, -0.25) is 4.79 Å². The molecule has 136 valence electrons. The Morgan fingerprint density at radius 2 is 1.52 bits per heavy atom. The Morgan fingerprint density at radius 1 is 0.852 bits per heavy atom. The van der Waals surface area contributed by atoms with Gasteiger partial charge in [-0.2, -0.15) is 0 Å². The van der Waals surface area contributed by atoms with Crippen molar-refractivity contribution in [2.75, 3.05) is 13.2 Å². The van der Waals surface area contributed by atoms with Crippen molar-refractivity contribution in [1.82, 2.24) is 5.32 Å². The summed E-state index contributed by atoms with van der Waals surface area (Å²) in [5.74, 6) is 1.45. The lowest BCUT2D eigenvalue weighted by Gasteiger charge is -2.26. The molecule has 4 heteroatoms. The number of para-hydroxylation sites is 2. The molecule has 0 aromatic heterocycles. The van der Waals surface area contributed by atoms with Gasteiger partial charge in [0.25, 0.3) is 0 Å². The SMILES string of the molecule is O=C(Cc1ccc(-c2ccccc2)cc1)NC[C@H]1COc2ccccc2O1. The van der Waals surface area contributed by atoms with Crippen LogP contribution in [0.4, 0.5) is 0 Å². The molecule has 0 aliphatic carbocycles. The maximum absolute atomic E-state index is 12.2. The highest BCUT2D eigenvalue weighted by atomic mass is 16.6. The van der Waals surface area contributed by atoms with Gasteiger partial charge in [0.1, 0.15) is 12.7 Å². The number of hydrogen-bond donors (Lipinski definition) is 1. The Morgan fingerprint density at radius 3 is 2.30 bits per heavy atom. The second kappa shape index (κ2) is 7.96. The van der Waals surface area contributed by atoms with Crippen LogP contribution < -0.4 is 14.8 Å². The lowest BCUT2D eigenvalue weighted by atomic mass is 10.0. The molecule has 0 bridgehead atoms. The third-order valence-corrected chi connectivity index (χ3v) is 4.52. The number of hydrogen-bond acceptors (Lipinski definition) is 3. The molecule has 1 N–H and O–H groups in total. The van der Waals surface area contributed by atoms with Crippen LogP contribution >= 0.6 is 0 Å². The van der Waals surface area contributed by atoms with Crippen LogP contribution in [0.25, 0.3) is 11.1 Å². The predicted octanol–water partition coefficient (Wildman–Crippen LogP) is 3.85. The first kappa shape index (κ1) is 17.2. The van der Waals surface area contributed by atoms with Crippen molar-refractivity contribution in [3.8, 4) is 22.6 Å². The highest BCUT2D eigenvalue weighted by Gasteiger charge is 2.20. The van der Waals surface area contributed by atoms with Crippen molar-refractivity contribution in [2.24, 2.45) is 0 Å². The largest absolute Gasteiger partial charge is 0.486 e. The van der Waals surface area contributed by atoms with Crippen LogP contribution in [0.5, 0.6) is 11.5 Å². The van der Waals surface area contributed by atoms with Gasteiger partial charge in [-0.25, -0.2) is 0 Å². The number of nitrogens with one attached hydrogen (secondary N) is 1. The van der Waals surface area contributed by atoms with E-state index in [-0.39, 0.29) is 12.0 Å². The van der Waals surface area contributed by atoms with Crippen LogP contribution in [-0.4, -0.2) is 25.2 Å². The van der Waals surface area contributed by atoms with E-state index in [0.29, 0.717) is 19.6 Å². The summed E-state index contributed by atoms with van der Waals surface area (Å²) in [7, 11) is 0. The number of ether oxygens (including phenoxy) is 2. The van der Waals surface area contributed by atoms with E-state index in [0.717, 1.165) is 22.6 Å². The Kier molecular flexibility index (Phi) is 5.06. The normalized spacial score (nSPS) is 15.2. The number of rotatable bonds is 5. The molecule has 0 spiro atoms. The molecule has 0 saturated carbocycles. The quantitative estimate of drug-likeness (QED) is 0.753. The second-order valence-corrected chi connectivity index (χ2v) is 6.54. The molecule has 4 nitrogen and oxygen atoms in total. The Labute approximate surface area is 158 Å². The van der Waals surface area contributed by atoms with Gasteiger partial charge in [-0.05, 0) is 28.8 Å². The Hall–Kier alpha value is -3.27. The summed E-state index contributed by atoms with van der Waals surface area (Å²) in [6, 6.07) is 25.9.